The van der Waals surface area contributed by atoms with Gasteiger partial charge in [0.15, 0.2) is 0 Å². The maximum Gasteiger partial charge on any atom is 0.126 e. The molecule has 1 aromatic carbocycles. The molecule has 1 heterocycles. The third kappa shape index (κ3) is 4.55. The molecule has 4 heteroatoms. The Morgan fingerprint density at radius 1 is 1.26 bits per heavy atom. The van der Waals surface area contributed by atoms with Gasteiger partial charge < -0.3 is 5.32 Å². The van der Waals surface area contributed by atoms with Gasteiger partial charge >= 0.3 is 0 Å². The lowest BCUT2D eigenvalue weighted by Gasteiger charge is -2.29. The number of halogens is 2. The Kier molecular flexibility index (Phi) is 5.28. The summed E-state index contributed by atoms with van der Waals surface area (Å²) >= 11 is 0. The second-order valence-corrected chi connectivity index (χ2v) is 5.32. The van der Waals surface area contributed by atoms with Gasteiger partial charge in [-0.1, -0.05) is 6.92 Å². The fourth-order valence-corrected chi connectivity index (χ4v) is 2.71. The summed E-state index contributed by atoms with van der Waals surface area (Å²) < 4.78 is 26.3. The van der Waals surface area contributed by atoms with E-state index < -0.39 is 11.6 Å². The van der Waals surface area contributed by atoms with Gasteiger partial charge in [0.1, 0.15) is 11.6 Å². The van der Waals surface area contributed by atoms with Crippen LogP contribution in [0.15, 0.2) is 18.2 Å². The van der Waals surface area contributed by atoms with E-state index in [9.17, 15) is 8.78 Å². The lowest BCUT2D eigenvalue weighted by Crippen LogP contribution is -2.38. The maximum atomic E-state index is 13.2. The number of hydrogen-bond donors (Lipinski definition) is 1. The quantitative estimate of drug-likeness (QED) is 0.883. The van der Waals surface area contributed by atoms with E-state index in [0.29, 0.717) is 18.0 Å². The normalized spacial score (nSPS) is 19.9. The van der Waals surface area contributed by atoms with Crippen molar-refractivity contribution in [2.45, 2.75) is 26.3 Å². The van der Waals surface area contributed by atoms with Gasteiger partial charge in [0.05, 0.1) is 0 Å². The van der Waals surface area contributed by atoms with Gasteiger partial charge in [-0.25, -0.2) is 8.78 Å². The third-order valence-electron chi connectivity index (χ3n) is 3.69. The largest absolute Gasteiger partial charge is 0.316 e. The van der Waals surface area contributed by atoms with Crippen molar-refractivity contribution >= 4 is 0 Å². The van der Waals surface area contributed by atoms with Crippen molar-refractivity contribution in [3.05, 3.63) is 35.4 Å². The molecule has 1 aliphatic rings. The highest BCUT2D eigenvalue weighted by Crippen LogP contribution is 2.15. The molecule has 0 bridgehead atoms. The topological polar surface area (TPSA) is 15.3 Å². The van der Waals surface area contributed by atoms with Crippen molar-refractivity contribution in [1.29, 1.82) is 0 Å². The number of rotatable bonds is 5. The molecule has 0 spiro atoms. The van der Waals surface area contributed by atoms with E-state index in [4.69, 9.17) is 0 Å². The Bertz CT molecular complexity index is 383. The van der Waals surface area contributed by atoms with Gasteiger partial charge in [-0.3, -0.25) is 4.90 Å². The molecule has 1 saturated heterocycles. The fraction of sp³-hybridized carbons (Fsp3) is 0.600. The minimum atomic E-state index is -0.495. The first-order valence-electron chi connectivity index (χ1n) is 7.05. The number of hydrogen-bond acceptors (Lipinski definition) is 2. The number of nitrogens with one attached hydrogen (secondary N) is 1. The summed E-state index contributed by atoms with van der Waals surface area (Å²) in [6, 6.07) is 3.76. The van der Waals surface area contributed by atoms with Gasteiger partial charge in [-0.05, 0) is 56.1 Å². The summed E-state index contributed by atoms with van der Waals surface area (Å²) in [6.45, 7) is 6.75. The van der Waals surface area contributed by atoms with Gasteiger partial charge in [-0.2, -0.15) is 0 Å². The molecule has 1 unspecified atom stereocenters. The summed E-state index contributed by atoms with van der Waals surface area (Å²) in [6.07, 6.45) is 2.46. The predicted octanol–water partition coefficient (Wildman–Crippen LogP) is 2.79. The highest BCUT2D eigenvalue weighted by molar-refractivity contribution is 5.17. The molecule has 1 aliphatic heterocycles. The van der Waals surface area contributed by atoms with Gasteiger partial charge in [-0.15, -0.1) is 0 Å². The monoisotopic (exact) mass is 268 g/mol. The lowest BCUT2D eigenvalue weighted by molar-refractivity contribution is 0.209. The first-order valence-corrected chi connectivity index (χ1v) is 7.05. The van der Waals surface area contributed by atoms with Crippen molar-refractivity contribution in [2.75, 3.05) is 26.2 Å². The van der Waals surface area contributed by atoms with Crippen LogP contribution >= 0.6 is 0 Å². The van der Waals surface area contributed by atoms with Crippen molar-refractivity contribution in [3.63, 3.8) is 0 Å². The molecule has 1 N–H and O–H groups in total. The Morgan fingerprint density at radius 2 is 2.00 bits per heavy atom. The number of piperidine rings is 1. The maximum absolute atomic E-state index is 13.2. The third-order valence-corrected chi connectivity index (χ3v) is 3.69. The molecule has 19 heavy (non-hydrogen) atoms. The van der Waals surface area contributed by atoms with E-state index in [1.54, 1.807) is 0 Å². The first-order chi connectivity index (χ1) is 9.17. The zero-order chi connectivity index (χ0) is 13.7. The summed E-state index contributed by atoms with van der Waals surface area (Å²) in [4.78, 5) is 2.26. The minimum absolute atomic E-state index is 0.495. The minimum Gasteiger partial charge on any atom is -0.316 e. The van der Waals surface area contributed by atoms with Crippen LogP contribution < -0.4 is 5.32 Å². The second kappa shape index (κ2) is 6.96. The van der Waals surface area contributed by atoms with Crippen LogP contribution in [0.25, 0.3) is 0 Å². The average molecular weight is 268 g/mol. The smallest absolute Gasteiger partial charge is 0.126 e. The molecule has 106 valence electrons. The van der Waals surface area contributed by atoms with Crippen LogP contribution in [0, 0.1) is 17.6 Å². The molecule has 1 aromatic rings. The molecular weight excluding hydrogens is 246 g/mol. The molecule has 2 nitrogen and oxygen atoms in total. The number of benzene rings is 1. The van der Waals surface area contributed by atoms with E-state index in [0.717, 1.165) is 32.2 Å². The van der Waals surface area contributed by atoms with E-state index in [-0.39, 0.29) is 0 Å². The van der Waals surface area contributed by atoms with Crippen LogP contribution in [-0.2, 0) is 6.54 Å². The van der Waals surface area contributed by atoms with Crippen molar-refractivity contribution in [2.24, 2.45) is 5.92 Å². The van der Waals surface area contributed by atoms with Crippen LogP contribution in [0.4, 0.5) is 8.78 Å². The molecule has 0 saturated carbocycles. The Morgan fingerprint density at radius 3 is 2.58 bits per heavy atom. The molecule has 0 aromatic heterocycles. The SMILES string of the molecule is CCN(Cc1cc(F)cc(F)c1)CC1CCCNC1. The summed E-state index contributed by atoms with van der Waals surface area (Å²) in [5.41, 5.74) is 0.711. The van der Waals surface area contributed by atoms with Crippen molar-refractivity contribution in [1.82, 2.24) is 10.2 Å². The highest BCUT2D eigenvalue weighted by atomic mass is 19.1. The van der Waals surface area contributed by atoms with E-state index in [2.05, 4.69) is 17.1 Å². The molecule has 0 aliphatic carbocycles. The molecular formula is C15H22F2N2. The van der Waals surface area contributed by atoms with Crippen LogP contribution in [0.3, 0.4) is 0 Å². The zero-order valence-corrected chi connectivity index (χ0v) is 11.5. The van der Waals surface area contributed by atoms with E-state index in [1.807, 2.05) is 0 Å². The van der Waals surface area contributed by atoms with Crippen LogP contribution in [-0.4, -0.2) is 31.1 Å². The Balaban J connectivity index is 1.93. The van der Waals surface area contributed by atoms with Gasteiger partial charge in [0.25, 0.3) is 0 Å². The van der Waals surface area contributed by atoms with Crippen molar-refractivity contribution < 1.29 is 8.78 Å². The van der Waals surface area contributed by atoms with Crippen LogP contribution in [0.5, 0.6) is 0 Å². The molecule has 1 fully saturated rings. The number of nitrogens with zero attached hydrogens (tertiary/aromatic N) is 1. The zero-order valence-electron chi connectivity index (χ0n) is 11.5. The molecule has 2 rings (SSSR count). The standard InChI is InChI=1S/C15H22F2N2/c1-2-19(10-12-4-3-5-18-9-12)11-13-6-14(16)8-15(17)7-13/h6-8,12,18H,2-5,9-11H2,1H3. The first kappa shape index (κ1) is 14.4. The Hall–Kier alpha value is -1.00. The van der Waals surface area contributed by atoms with Gasteiger partial charge in [0.2, 0.25) is 0 Å². The lowest BCUT2D eigenvalue weighted by atomic mass is 9.99. The molecule has 0 radical (unpaired) electrons. The summed E-state index contributed by atoms with van der Waals surface area (Å²) in [5, 5.41) is 3.40. The van der Waals surface area contributed by atoms with Crippen molar-refractivity contribution in [3.8, 4) is 0 Å². The van der Waals surface area contributed by atoms with Gasteiger partial charge in [0, 0.05) is 19.2 Å². The fourth-order valence-electron chi connectivity index (χ4n) is 2.71. The second-order valence-electron chi connectivity index (χ2n) is 5.32. The van der Waals surface area contributed by atoms with Crippen LogP contribution in [0.1, 0.15) is 25.3 Å². The highest BCUT2D eigenvalue weighted by Gasteiger charge is 2.16. The predicted molar refractivity (Wildman–Crippen MR) is 72.9 cm³/mol. The molecule has 0 amide bonds. The summed E-state index contributed by atoms with van der Waals surface area (Å²) in [5.74, 6) is -0.345. The van der Waals surface area contributed by atoms with Crippen LogP contribution in [0.2, 0.25) is 0 Å². The van der Waals surface area contributed by atoms with E-state index in [1.165, 1.54) is 25.0 Å². The summed E-state index contributed by atoms with van der Waals surface area (Å²) in [7, 11) is 0. The Labute approximate surface area is 113 Å². The average Bonchev–Trinajstić information content (AvgIpc) is 2.38. The molecule has 1 atom stereocenters. The van der Waals surface area contributed by atoms with E-state index >= 15 is 0 Å².